The van der Waals surface area contributed by atoms with Crippen molar-refractivity contribution in [1.29, 1.82) is 0 Å². The van der Waals surface area contributed by atoms with E-state index >= 15 is 0 Å². The number of hydrogen-bond acceptors (Lipinski definition) is 4. The van der Waals surface area contributed by atoms with Gasteiger partial charge in [0, 0.05) is 16.1 Å². The van der Waals surface area contributed by atoms with E-state index in [0.717, 1.165) is 10.5 Å². The van der Waals surface area contributed by atoms with Crippen LogP contribution in [-0.2, 0) is 9.59 Å². The summed E-state index contributed by atoms with van der Waals surface area (Å²) in [5, 5.41) is 19.8. The van der Waals surface area contributed by atoms with Gasteiger partial charge in [0.15, 0.2) is 6.04 Å². The van der Waals surface area contributed by atoms with Crippen molar-refractivity contribution in [3.63, 3.8) is 0 Å². The molecule has 2 N–H and O–H groups in total. The summed E-state index contributed by atoms with van der Waals surface area (Å²) in [6, 6.07) is 12.9. The third-order valence-corrected chi connectivity index (χ3v) is 4.32. The number of aliphatic hydroxyl groups excluding tert-OH is 1. The number of aliphatic carboxylic acids is 1. The summed E-state index contributed by atoms with van der Waals surface area (Å²) in [4.78, 5) is 29.8. The number of benzodiazepines with no additional fused rings is 1. The van der Waals surface area contributed by atoms with Crippen molar-refractivity contribution in [2.24, 2.45) is 4.99 Å². The molecule has 1 amide bonds. The van der Waals surface area contributed by atoms with Crippen molar-refractivity contribution >= 4 is 34.9 Å². The van der Waals surface area contributed by atoms with Gasteiger partial charge in [-0.1, -0.05) is 41.9 Å². The van der Waals surface area contributed by atoms with E-state index in [2.05, 4.69) is 4.99 Å². The molecule has 0 radical (unpaired) electrons. The van der Waals surface area contributed by atoms with E-state index in [9.17, 15) is 19.8 Å². The Kier molecular flexibility index (Phi) is 5.06. The molecule has 0 aromatic heterocycles. The Morgan fingerprint density at radius 3 is 2.58 bits per heavy atom. The molecular weight excluding hydrogens is 356 g/mol. The highest BCUT2D eigenvalue weighted by Crippen LogP contribution is 2.31. The molecule has 2 aromatic carbocycles. The average molecular weight is 373 g/mol. The lowest BCUT2D eigenvalue weighted by atomic mass is 10.00. The van der Waals surface area contributed by atoms with E-state index in [1.807, 2.05) is 30.3 Å². The molecule has 1 aliphatic heterocycles. The molecule has 0 aliphatic carbocycles. The fourth-order valence-electron chi connectivity index (χ4n) is 2.91. The highest BCUT2D eigenvalue weighted by Gasteiger charge is 2.35. The SMILES string of the molecule is C[C@@H](O)C1N=C(c2ccccc2)c2cc(Cl)ccc2N(CC(=O)O)C1=O. The van der Waals surface area contributed by atoms with Crippen molar-refractivity contribution in [3.05, 3.63) is 64.7 Å². The smallest absolute Gasteiger partial charge is 0.323 e. The lowest BCUT2D eigenvalue weighted by Gasteiger charge is -2.24. The molecule has 0 saturated carbocycles. The van der Waals surface area contributed by atoms with Crippen LogP contribution in [-0.4, -0.2) is 46.5 Å². The second kappa shape index (κ2) is 7.27. The molecule has 7 heteroatoms. The molecule has 3 rings (SSSR count). The third-order valence-electron chi connectivity index (χ3n) is 4.09. The molecule has 0 bridgehead atoms. The Bertz CT molecular complexity index is 880. The molecule has 134 valence electrons. The summed E-state index contributed by atoms with van der Waals surface area (Å²) in [5.41, 5.74) is 2.16. The molecular formula is C19H17ClN2O4. The van der Waals surface area contributed by atoms with Crippen LogP contribution in [0.15, 0.2) is 53.5 Å². The third kappa shape index (κ3) is 3.47. The van der Waals surface area contributed by atoms with Crippen LogP contribution in [0.25, 0.3) is 0 Å². The summed E-state index contributed by atoms with van der Waals surface area (Å²) in [5.74, 6) is -1.73. The Morgan fingerprint density at radius 2 is 1.96 bits per heavy atom. The maximum atomic E-state index is 12.9. The summed E-state index contributed by atoms with van der Waals surface area (Å²) in [6.45, 7) is 0.921. The fourth-order valence-corrected chi connectivity index (χ4v) is 3.09. The number of halogens is 1. The predicted molar refractivity (Wildman–Crippen MR) is 99.0 cm³/mol. The van der Waals surface area contributed by atoms with Gasteiger partial charge in [0.1, 0.15) is 6.54 Å². The maximum absolute atomic E-state index is 12.9. The number of amides is 1. The Morgan fingerprint density at radius 1 is 1.27 bits per heavy atom. The molecule has 1 unspecified atom stereocenters. The van der Waals surface area contributed by atoms with Gasteiger partial charge in [0.2, 0.25) is 0 Å². The number of carboxylic acids is 1. The van der Waals surface area contributed by atoms with Crippen LogP contribution in [0.3, 0.4) is 0 Å². The standard InChI is InChI=1S/C19H17ClN2O4/c1-11(23)17-19(26)22(10-16(24)25)15-8-7-13(20)9-14(15)18(21-17)12-5-3-2-4-6-12/h2-9,11,17,23H,10H2,1H3,(H,24,25)/t11-,17?/m1/s1. The van der Waals surface area contributed by atoms with Gasteiger partial charge in [0.05, 0.1) is 17.5 Å². The van der Waals surface area contributed by atoms with Gasteiger partial charge in [-0.3, -0.25) is 19.5 Å². The van der Waals surface area contributed by atoms with Gasteiger partial charge in [-0.15, -0.1) is 0 Å². The van der Waals surface area contributed by atoms with Gasteiger partial charge in [-0.25, -0.2) is 0 Å². The van der Waals surface area contributed by atoms with Crippen molar-refractivity contribution in [3.8, 4) is 0 Å². The van der Waals surface area contributed by atoms with E-state index < -0.39 is 30.6 Å². The predicted octanol–water partition coefficient (Wildman–Crippen LogP) is 2.36. The number of carbonyl (C=O) groups is 2. The number of rotatable bonds is 4. The van der Waals surface area contributed by atoms with E-state index in [0.29, 0.717) is 22.0 Å². The minimum absolute atomic E-state index is 0.396. The summed E-state index contributed by atoms with van der Waals surface area (Å²) in [6.07, 6.45) is -1.08. The van der Waals surface area contributed by atoms with Gasteiger partial charge < -0.3 is 10.2 Å². The number of nitrogens with zero attached hydrogens (tertiary/aromatic N) is 2. The Balaban J connectivity index is 2.28. The largest absolute Gasteiger partial charge is 0.480 e. The molecule has 6 nitrogen and oxygen atoms in total. The molecule has 0 saturated heterocycles. The average Bonchev–Trinajstić information content (AvgIpc) is 2.71. The van der Waals surface area contributed by atoms with Crippen molar-refractivity contribution < 1.29 is 19.8 Å². The van der Waals surface area contributed by atoms with E-state index in [1.165, 1.54) is 6.92 Å². The highest BCUT2D eigenvalue weighted by molar-refractivity contribution is 6.32. The summed E-state index contributed by atoms with van der Waals surface area (Å²) in [7, 11) is 0. The first-order chi connectivity index (χ1) is 12.4. The minimum Gasteiger partial charge on any atom is -0.480 e. The second-order valence-corrected chi connectivity index (χ2v) is 6.45. The maximum Gasteiger partial charge on any atom is 0.323 e. The zero-order valence-corrected chi connectivity index (χ0v) is 14.7. The zero-order chi connectivity index (χ0) is 18.8. The first-order valence-corrected chi connectivity index (χ1v) is 8.40. The summed E-state index contributed by atoms with van der Waals surface area (Å²) >= 11 is 6.15. The lowest BCUT2D eigenvalue weighted by Crippen LogP contribution is -2.45. The monoisotopic (exact) mass is 372 g/mol. The Labute approximate surface area is 155 Å². The highest BCUT2D eigenvalue weighted by atomic mass is 35.5. The van der Waals surface area contributed by atoms with Gasteiger partial charge in [0.25, 0.3) is 5.91 Å². The number of benzene rings is 2. The lowest BCUT2D eigenvalue weighted by molar-refractivity contribution is -0.137. The molecule has 0 spiro atoms. The first-order valence-electron chi connectivity index (χ1n) is 8.03. The number of carbonyl (C=O) groups excluding carboxylic acids is 1. The number of carboxylic acid groups (broad SMARTS) is 1. The molecule has 26 heavy (non-hydrogen) atoms. The van der Waals surface area contributed by atoms with Crippen molar-refractivity contribution in [2.75, 3.05) is 11.4 Å². The topological polar surface area (TPSA) is 90.2 Å². The number of aliphatic imine (C=N–C) groups is 1. The molecule has 1 aliphatic rings. The van der Waals surface area contributed by atoms with Crippen LogP contribution in [0.5, 0.6) is 0 Å². The number of hydrogen-bond donors (Lipinski definition) is 2. The van der Waals surface area contributed by atoms with Gasteiger partial charge >= 0.3 is 5.97 Å². The molecule has 1 heterocycles. The first kappa shape index (κ1) is 18.1. The number of anilines is 1. The van der Waals surface area contributed by atoms with E-state index in [4.69, 9.17) is 11.6 Å². The molecule has 0 fully saturated rings. The minimum atomic E-state index is -1.16. The van der Waals surface area contributed by atoms with Gasteiger partial charge in [-0.05, 0) is 25.1 Å². The van der Waals surface area contributed by atoms with Crippen LogP contribution >= 0.6 is 11.6 Å². The number of aliphatic hydroxyl groups is 1. The second-order valence-electron chi connectivity index (χ2n) is 6.01. The van der Waals surface area contributed by atoms with Crippen LogP contribution in [0.2, 0.25) is 5.02 Å². The summed E-state index contributed by atoms with van der Waals surface area (Å²) < 4.78 is 0. The van der Waals surface area contributed by atoms with Crippen LogP contribution in [0, 0.1) is 0 Å². The van der Waals surface area contributed by atoms with Crippen LogP contribution in [0.1, 0.15) is 18.1 Å². The van der Waals surface area contributed by atoms with Crippen LogP contribution in [0.4, 0.5) is 5.69 Å². The molecule has 2 aromatic rings. The van der Waals surface area contributed by atoms with E-state index in [-0.39, 0.29) is 0 Å². The fraction of sp³-hybridized carbons (Fsp3) is 0.211. The van der Waals surface area contributed by atoms with Crippen LogP contribution < -0.4 is 4.90 Å². The van der Waals surface area contributed by atoms with E-state index in [1.54, 1.807) is 18.2 Å². The Hall–Kier alpha value is -2.70. The number of fused-ring (bicyclic) bond motifs is 1. The zero-order valence-electron chi connectivity index (χ0n) is 14.0. The van der Waals surface area contributed by atoms with Crippen molar-refractivity contribution in [1.82, 2.24) is 0 Å². The quantitative estimate of drug-likeness (QED) is 0.862. The normalized spacial score (nSPS) is 18.0. The van der Waals surface area contributed by atoms with Crippen molar-refractivity contribution in [2.45, 2.75) is 19.1 Å². The van der Waals surface area contributed by atoms with Gasteiger partial charge in [-0.2, -0.15) is 0 Å². The molecule has 2 atom stereocenters.